The zero-order valence-corrected chi connectivity index (χ0v) is 16.4. The zero-order chi connectivity index (χ0) is 19.2. The molecule has 2 N–H and O–H groups in total. The fourth-order valence-corrected chi connectivity index (χ4v) is 3.54. The fraction of sp³-hybridized carbons (Fsp3) is 0.316. The Morgan fingerprint density at radius 3 is 2.46 bits per heavy atom. The van der Waals surface area contributed by atoms with Gasteiger partial charge in [-0.2, -0.15) is 0 Å². The molecule has 2 rings (SSSR count). The van der Waals surface area contributed by atoms with Crippen LogP contribution in [0.1, 0.15) is 36.2 Å². The third-order valence-electron chi connectivity index (χ3n) is 4.01. The van der Waals surface area contributed by atoms with E-state index >= 15 is 0 Å². The van der Waals surface area contributed by atoms with Crippen LogP contribution < -0.4 is 10.0 Å². The number of benzene rings is 2. The lowest BCUT2D eigenvalue weighted by atomic mass is 10.2. The second-order valence-corrected chi connectivity index (χ2v) is 8.29. The van der Waals surface area contributed by atoms with Gasteiger partial charge in [-0.3, -0.25) is 4.79 Å². The Morgan fingerprint density at radius 1 is 1.15 bits per heavy atom. The molecule has 0 saturated heterocycles. The first kappa shape index (κ1) is 20.4. The van der Waals surface area contributed by atoms with Crippen molar-refractivity contribution in [3.8, 4) is 0 Å². The van der Waals surface area contributed by atoms with Crippen molar-refractivity contribution in [2.45, 2.75) is 37.6 Å². The summed E-state index contributed by atoms with van der Waals surface area (Å²) in [6.07, 6.45) is 1.37. The van der Waals surface area contributed by atoms with E-state index in [4.69, 9.17) is 11.6 Å². The van der Waals surface area contributed by atoms with Crippen LogP contribution in [0.25, 0.3) is 0 Å². The van der Waals surface area contributed by atoms with Gasteiger partial charge < -0.3 is 5.32 Å². The van der Waals surface area contributed by atoms with E-state index in [2.05, 4.69) is 10.0 Å². The van der Waals surface area contributed by atoms with Crippen LogP contribution in [-0.2, 0) is 16.4 Å². The molecule has 0 aliphatic heterocycles. The van der Waals surface area contributed by atoms with E-state index in [9.17, 15) is 13.2 Å². The Kier molecular flexibility index (Phi) is 7.20. The molecule has 7 heteroatoms. The number of amides is 1. The fourth-order valence-electron chi connectivity index (χ4n) is 2.30. The molecule has 2 aromatic carbocycles. The maximum absolute atomic E-state index is 12.4. The highest BCUT2D eigenvalue weighted by Crippen LogP contribution is 2.13. The molecule has 0 bridgehead atoms. The van der Waals surface area contributed by atoms with Crippen molar-refractivity contribution >= 4 is 27.5 Å². The first-order chi connectivity index (χ1) is 12.3. The molecule has 0 aliphatic carbocycles. The van der Waals surface area contributed by atoms with Crippen LogP contribution in [0, 0.1) is 0 Å². The number of rotatable bonds is 8. The Morgan fingerprint density at radius 2 is 1.85 bits per heavy atom. The zero-order valence-electron chi connectivity index (χ0n) is 14.8. The minimum absolute atomic E-state index is 0.0686. The minimum Gasteiger partial charge on any atom is -0.350 e. The Bertz CT molecular complexity index is 851. The van der Waals surface area contributed by atoms with Gasteiger partial charge in [0.25, 0.3) is 5.91 Å². The molecule has 0 aliphatic rings. The van der Waals surface area contributed by atoms with Crippen molar-refractivity contribution in [3.05, 3.63) is 64.7 Å². The van der Waals surface area contributed by atoms with E-state index in [0.717, 1.165) is 12.0 Å². The molecule has 1 amide bonds. The highest BCUT2D eigenvalue weighted by molar-refractivity contribution is 7.89. The third-order valence-corrected chi connectivity index (χ3v) is 5.72. The lowest BCUT2D eigenvalue weighted by Gasteiger charge is -2.12. The molecule has 1 unspecified atom stereocenters. The predicted octanol–water partition coefficient (Wildman–Crippen LogP) is 3.39. The Labute approximate surface area is 159 Å². The van der Waals surface area contributed by atoms with Gasteiger partial charge in [-0.05, 0) is 61.7 Å². The van der Waals surface area contributed by atoms with Crippen LogP contribution in [0.5, 0.6) is 0 Å². The van der Waals surface area contributed by atoms with Gasteiger partial charge in [0.15, 0.2) is 0 Å². The number of carbonyl (C=O) groups excluding carboxylic acids is 1. The van der Waals surface area contributed by atoms with Crippen LogP contribution in [0.3, 0.4) is 0 Å². The maximum Gasteiger partial charge on any atom is 0.251 e. The highest BCUT2D eigenvalue weighted by Gasteiger charge is 2.15. The van der Waals surface area contributed by atoms with Crippen molar-refractivity contribution in [1.82, 2.24) is 10.0 Å². The first-order valence-electron chi connectivity index (χ1n) is 8.47. The summed E-state index contributed by atoms with van der Waals surface area (Å²) >= 11 is 5.92. The molecule has 140 valence electrons. The van der Waals surface area contributed by atoms with Crippen molar-refractivity contribution in [1.29, 1.82) is 0 Å². The molecule has 0 radical (unpaired) electrons. The topological polar surface area (TPSA) is 75.3 Å². The second-order valence-electron chi connectivity index (χ2n) is 6.08. The molecule has 5 nitrogen and oxygen atoms in total. The number of nitrogens with one attached hydrogen (secondary N) is 2. The van der Waals surface area contributed by atoms with E-state index in [-0.39, 0.29) is 23.4 Å². The van der Waals surface area contributed by atoms with Crippen LogP contribution in [0.15, 0.2) is 53.4 Å². The lowest BCUT2D eigenvalue weighted by molar-refractivity contribution is 0.0939. The van der Waals surface area contributed by atoms with Crippen LogP contribution in [-0.4, -0.2) is 26.9 Å². The van der Waals surface area contributed by atoms with Gasteiger partial charge in [0.05, 0.1) is 4.90 Å². The third kappa shape index (κ3) is 5.83. The Balaban J connectivity index is 1.97. The van der Waals surface area contributed by atoms with Crippen molar-refractivity contribution in [2.24, 2.45) is 0 Å². The summed E-state index contributed by atoms with van der Waals surface area (Å²) in [5.74, 6) is -0.211. The summed E-state index contributed by atoms with van der Waals surface area (Å²) in [4.78, 5) is 12.2. The molecule has 0 saturated carbocycles. The van der Waals surface area contributed by atoms with E-state index in [1.54, 1.807) is 12.1 Å². The largest absolute Gasteiger partial charge is 0.350 e. The quantitative estimate of drug-likeness (QED) is 0.720. The summed E-state index contributed by atoms with van der Waals surface area (Å²) in [5.41, 5.74) is 1.39. The second kappa shape index (κ2) is 9.16. The number of hydrogen-bond donors (Lipinski definition) is 2. The van der Waals surface area contributed by atoms with Gasteiger partial charge in [0, 0.05) is 23.2 Å². The van der Waals surface area contributed by atoms with Gasteiger partial charge in [0.1, 0.15) is 0 Å². The number of sulfonamides is 1. The molecular formula is C19H23ClN2O3S. The average Bonchev–Trinajstić information content (AvgIpc) is 2.61. The average molecular weight is 395 g/mol. The van der Waals surface area contributed by atoms with E-state index in [1.165, 1.54) is 24.3 Å². The number of carbonyl (C=O) groups is 1. The van der Waals surface area contributed by atoms with Crippen molar-refractivity contribution in [3.63, 3.8) is 0 Å². The molecule has 26 heavy (non-hydrogen) atoms. The molecule has 0 fully saturated rings. The summed E-state index contributed by atoms with van der Waals surface area (Å²) in [7, 11) is -3.63. The van der Waals surface area contributed by atoms with Crippen LogP contribution >= 0.6 is 11.6 Å². The van der Waals surface area contributed by atoms with Gasteiger partial charge in [0.2, 0.25) is 10.0 Å². The smallest absolute Gasteiger partial charge is 0.251 e. The summed E-state index contributed by atoms with van der Waals surface area (Å²) in [6.45, 7) is 4.16. The van der Waals surface area contributed by atoms with E-state index in [1.807, 2.05) is 26.0 Å². The molecule has 0 spiro atoms. The standard InChI is InChI=1S/C19H23ClN2O3S/c1-3-14(2)22-19(23)16-7-9-18(10-8-16)26(24,25)21-12-11-15-5-4-6-17(20)13-15/h4-10,13-14,21H,3,11-12H2,1-2H3,(H,22,23). The summed E-state index contributed by atoms with van der Waals surface area (Å²) < 4.78 is 27.3. The predicted molar refractivity (Wildman–Crippen MR) is 104 cm³/mol. The summed E-state index contributed by atoms with van der Waals surface area (Å²) in [6, 6.07) is 13.3. The normalized spacial score (nSPS) is 12.6. The first-order valence-corrected chi connectivity index (χ1v) is 10.3. The van der Waals surface area contributed by atoms with Crippen molar-refractivity contribution in [2.75, 3.05) is 6.54 Å². The van der Waals surface area contributed by atoms with Gasteiger partial charge in [-0.1, -0.05) is 30.7 Å². The molecule has 2 aromatic rings. The van der Waals surface area contributed by atoms with Crippen molar-refractivity contribution < 1.29 is 13.2 Å². The minimum atomic E-state index is -3.63. The molecule has 0 aromatic heterocycles. The maximum atomic E-state index is 12.4. The monoisotopic (exact) mass is 394 g/mol. The molecular weight excluding hydrogens is 372 g/mol. The van der Waals surface area contributed by atoms with Crippen LogP contribution in [0.4, 0.5) is 0 Å². The number of halogens is 1. The lowest BCUT2D eigenvalue weighted by Crippen LogP contribution is -2.32. The SMILES string of the molecule is CCC(C)NC(=O)c1ccc(S(=O)(=O)NCCc2cccc(Cl)c2)cc1. The van der Waals surface area contributed by atoms with E-state index < -0.39 is 10.0 Å². The van der Waals surface area contributed by atoms with Gasteiger partial charge in [-0.15, -0.1) is 0 Å². The number of hydrogen-bond acceptors (Lipinski definition) is 3. The van der Waals surface area contributed by atoms with E-state index in [0.29, 0.717) is 17.0 Å². The summed E-state index contributed by atoms with van der Waals surface area (Å²) in [5, 5.41) is 3.47. The van der Waals surface area contributed by atoms with Gasteiger partial charge in [-0.25, -0.2) is 13.1 Å². The molecule has 1 atom stereocenters. The Hall–Kier alpha value is -1.89. The highest BCUT2D eigenvalue weighted by atomic mass is 35.5. The van der Waals surface area contributed by atoms with Crippen LogP contribution in [0.2, 0.25) is 5.02 Å². The van der Waals surface area contributed by atoms with Gasteiger partial charge >= 0.3 is 0 Å². The molecule has 0 heterocycles.